The van der Waals surface area contributed by atoms with Crippen molar-refractivity contribution in [3.63, 3.8) is 0 Å². The van der Waals surface area contributed by atoms with Crippen LogP contribution < -0.4 is 11.2 Å². The standard InChI is InChI=1S/C19H22F2N6O3S/c1-3-26-12(10-31-19-25-24-16(15(20)21)27(19)22)13(17(28)30-4-2)14(23-18(26)29)11-8-6-5-7-9-11/h5-9,14-15H,3-4,10,22H2,1-2H3,(H,23,29)/t14-/m0/s1. The number of urea groups is 1. The average Bonchev–Trinajstić information content (AvgIpc) is 3.13. The van der Waals surface area contributed by atoms with E-state index in [1.165, 1.54) is 4.90 Å². The van der Waals surface area contributed by atoms with Crippen LogP contribution in [0.5, 0.6) is 0 Å². The van der Waals surface area contributed by atoms with Gasteiger partial charge in [-0.1, -0.05) is 42.1 Å². The highest BCUT2D eigenvalue weighted by atomic mass is 32.2. The third-order valence-electron chi connectivity index (χ3n) is 4.61. The number of halogens is 2. The summed E-state index contributed by atoms with van der Waals surface area (Å²) in [6, 6.07) is 7.90. The largest absolute Gasteiger partial charge is 0.463 e. The average molecular weight is 452 g/mol. The van der Waals surface area contributed by atoms with Crippen LogP contribution in [-0.2, 0) is 9.53 Å². The van der Waals surface area contributed by atoms with Crippen LogP contribution in [0.1, 0.15) is 37.7 Å². The number of carbonyl (C=O) groups is 2. The van der Waals surface area contributed by atoms with Gasteiger partial charge in [-0.25, -0.2) is 23.0 Å². The second-order valence-corrected chi connectivity index (χ2v) is 7.36. The fourth-order valence-corrected chi connectivity index (χ4v) is 4.12. The molecule has 2 heterocycles. The van der Waals surface area contributed by atoms with Crippen LogP contribution in [0, 0.1) is 0 Å². The summed E-state index contributed by atoms with van der Waals surface area (Å²) in [7, 11) is 0. The molecule has 1 aromatic heterocycles. The predicted molar refractivity (Wildman–Crippen MR) is 110 cm³/mol. The highest BCUT2D eigenvalue weighted by molar-refractivity contribution is 7.99. The number of nitrogens with zero attached hydrogens (tertiary/aromatic N) is 4. The van der Waals surface area contributed by atoms with Gasteiger partial charge in [-0.3, -0.25) is 4.90 Å². The molecule has 0 saturated heterocycles. The zero-order valence-electron chi connectivity index (χ0n) is 16.9. The summed E-state index contributed by atoms with van der Waals surface area (Å²) in [5.74, 6) is 4.49. The number of aromatic nitrogens is 3. The number of alkyl halides is 2. The summed E-state index contributed by atoms with van der Waals surface area (Å²) in [6.07, 6.45) is -2.88. The number of thioether (sulfide) groups is 1. The van der Waals surface area contributed by atoms with E-state index in [1.807, 2.05) is 6.07 Å². The van der Waals surface area contributed by atoms with E-state index in [4.69, 9.17) is 10.6 Å². The van der Waals surface area contributed by atoms with Crippen molar-refractivity contribution in [1.29, 1.82) is 0 Å². The van der Waals surface area contributed by atoms with E-state index in [9.17, 15) is 18.4 Å². The Balaban J connectivity index is 2.04. The van der Waals surface area contributed by atoms with Gasteiger partial charge < -0.3 is 15.9 Å². The Labute approximate surface area is 181 Å². The first-order valence-corrected chi connectivity index (χ1v) is 10.5. The van der Waals surface area contributed by atoms with Crippen LogP contribution in [0.3, 0.4) is 0 Å². The number of rotatable bonds is 8. The number of ether oxygens (including phenoxy) is 1. The quantitative estimate of drug-likeness (QED) is 0.359. The fraction of sp³-hybridized carbons (Fsp3) is 0.368. The second kappa shape index (κ2) is 9.77. The molecule has 0 radical (unpaired) electrons. The molecule has 9 nitrogen and oxygen atoms in total. The molecule has 0 saturated carbocycles. The highest BCUT2D eigenvalue weighted by Gasteiger charge is 2.37. The molecule has 1 aromatic carbocycles. The lowest BCUT2D eigenvalue weighted by molar-refractivity contribution is -0.139. The minimum Gasteiger partial charge on any atom is -0.463 e. The summed E-state index contributed by atoms with van der Waals surface area (Å²) in [4.78, 5) is 27.1. The van der Waals surface area contributed by atoms with Crippen molar-refractivity contribution >= 4 is 23.8 Å². The molecule has 0 spiro atoms. The molecule has 31 heavy (non-hydrogen) atoms. The number of hydrogen-bond donors (Lipinski definition) is 2. The molecule has 1 aliphatic rings. The SMILES string of the molecule is CCOC(=O)C1=C(CSc2nnc(C(F)F)n2N)N(CC)C(=O)N[C@H]1c1ccccc1. The lowest BCUT2D eigenvalue weighted by Gasteiger charge is -2.36. The predicted octanol–water partition coefficient (Wildman–Crippen LogP) is 2.63. The van der Waals surface area contributed by atoms with Crippen LogP contribution in [0.15, 0.2) is 46.8 Å². The third-order valence-corrected chi connectivity index (χ3v) is 5.56. The van der Waals surface area contributed by atoms with E-state index in [-0.39, 0.29) is 35.7 Å². The number of benzene rings is 1. The number of carbonyl (C=O) groups excluding carboxylic acids is 2. The summed E-state index contributed by atoms with van der Waals surface area (Å²) < 4.78 is 31.9. The minimum absolute atomic E-state index is 0.0318. The van der Waals surface area contributed by atoms with E-state index in [0.717, 1.165) is 11.8 Å². The van der Waals surface area contributed by atoms with Crippen molar-refractivity contribution in [2.45, 2.75) is 31.5 Å². The first-order chi connectivity index (χ1) is 14.9. The topological polar surface area (TPSA) is 115 Å². The molecule has 1 atom stereocenters. The van der Waals surface area contributed by atoms with Crippen LogP contribution in [0.2, 0.25) is 0 Å². The number of nitrogens with two attached hydrogens (primary N) is 1. The molecule has 2 amide bonds. The van der Waals surface area contributed by atoms with Crippen molar-refractivity contribution in [3.05, 3.63) is 53.0 Å². The fourth-order valence-electron chi connectivity index (χ4n) is 3.21. The van der Waals surface area contributed by atoms with E-state index in [1.54, 1.807) is 38.1 Å². The van der Waals surface area contributed by atoms with Crippen molar-refractivity contribution in [2.75, 3.05) is 24.7 Å². The van der Waals surface area contributed by atoms with E-state index < -0.39 is 24.3 Å². The van der Waals surface area contributed by atoms with Gasteiger partial charge in [0.2, 0.25) is 11.0 Å². The maximum atomic E-state index is 13.0. The molecular weight excluding hydrogens is 430 g/mol. The van der Waals surface area contributed by atoms with Crippen LogP contribution in [0.4, 0.5) is 13.6 Å². The minimum atomic E-state index is -2.88. The molecule has 1 aliphatic heterocycles. The van der Waals surface area contributed by atoms with Crippen LogP contribution in [0.25, 0.3) is 0 Å². The molecule has 2 aromatic rings. The maximum Gasteiger partial charge on any atom is 0.338 e. The summed E-state index contributed by atoms with van der Waals surface area (Å²) >= 11 is 0.993. The highest BCUT2D eigenvalue weighted by Crippen LogP contribution is 2.34. The lowest BCUT2D eigenvalue weighted by atomic mass is 9.95. The van der Waals surface area contributed by atoms with Gasteiger partial charge in [-0.15, -0.1) is 10.2 Å². The first-order valence-electron chi connectivity index (χ1n) is 9.53. The number of esters is 1. The zero-order chi connectivity index (χ0) is 22.5. The Hall–Kier alpha value is -3.15. The van der Waals surface area contributed by atoms with Gasteiger partial charge in [-0.2, -0.15) is 0 Å². The second-order valence-electron chi connectivity index (χ2n) is 6.42. The van der Waals surface area contributed by atoms with Crippen molar-refractivity contribution < 1.29 is 23.1 Å². The van der Waals surface area contributed by atoms with Gasteiger partial charge in [0.05, 0.1) is 18.2 Å². The summed E-state index contributed by atoms with van der Waals surface area (Å²) in [6.45, 7) is 3.88. The number of nitrogen functional groups attached to an aromatic ring is 1. The van der Waals surface area contributed by atoms with Crippen molar-refractivity contribution in [3.8, 4) is 0 Å². The molecule has 166 valence electrons. The zero-order valence-corrected chi connectivity index (χ0v) is 17.7. The Morgan fingerprint density at radius 1 is 1.29 bits per heavy atom. The molecule has 0 aliphatic carbocycles. The summed E-state index contributed by atoms with van der Waals surface area (Å²) in [5, 5.41) is 9.96. The van der Waals surface area contributed by atoms with Gasteiger partial charge >= 0.3 is 12.0 Å². The molecule has 3 rings (SSSR count). The Morgan fingerprint density at radius 2 is 2.00 bits per heavy atom. The van der Waals surface area contributed by atoms with Gasteiger partial charge in [-0.05, 0) is 19.4 Å². The molecule has 12 heteroatoms. The van der Waals surface area contributed by atoms with Crippen molar-refractivity contribution in [2.24, 2.45) is 0 Å². The number of amides is 2. The van der Waals surface area contributed by atoms with Crippen LogP contribution >= 0.6 is 11.8 Å². The summed E-state index contributed by atoms with van der Waals surface area (Å²) in [5.41, 5.74) is 1.36. The van der Waals surface area contributed by atoms with Crippen LogP contribution in [-0.4, -0.2) is 50.7 Å². The van der Waals surface area contributed by atoms with Crippen molar-refractivity contribution in [1.82, 2.24) is 25.1 Å². The first kappa shape index (κ1) is 22.5. The van der Waals surface area contributed by atoms with Gasteiger partial charge in [0.1, 0.15) is 0 Å². The van der Waals surface area contributed by atoms with Gasteiger partial charge in [0, 0.05) is 18.0 Å². The maximum absolute atomic E-state index is 13.0. The van der Waals surface area contributed by atoms with E-state index in [2.05, 4.69) is 15.5 Å². The Bertz CT molecular complexity index is 982. The normalized spacial score (nSPS) is 16.6. The van der Waals surface area contributed by atoms with Gasteiger partial charge in [0.15, 0.2) is 0 Å². The lowest BCUT2D eigenvalue weighted by Crippen LogP contribution is -2.49. The molecule has 3 N–H and O–H groups in total. The molecule has 0 bridgehead atoms. The molecule has 0 fully saturated rings. The number of hydrogen-bond acceptors (Lipinski definition) is 7. The molecule has 0 unspecified atom stereocenters. The monoisotopic (exact) mass is 452 g/mol. The number of nitrogens with one attached hydrogen (secondary N) is 1. The Kier molecular flexibility index (Phi) is 7.10. The smallest absolute Gasteiger partial charge is 0.338 e. The van der Waals surface area contributed by atoms with Gasteiger partial charge in [0.25, 0.3) is 6.43 Å². The molecular formula is C19H22F2N6O3S. The van der Waals surface area contributed by atoms with E-state index >= 15 is 0 Å². The Morgan fingerprint density at radius 3 is 2.58 bits per heavy atom. The third kappa shape index (κ3) is 4.63. The van der Waals surface area contributed by atoms with E-state index in [0.29, 0.717) is 15.9 Å².